The van der Waals surface area contributed by atoms with Gasteiger partial charge in [-0.05, 0) is 51.4 Å². The summed E-state index contributed by atoms with van der Waals surface area (Å²) in [5.41, 5.74) is 0. The number of rotatable bonds is 47. The number of esters is 1. The minimum absolute atomic E-state index is 0.0762. The van der Waals surface area contributed by atoms with Crippen molar-refractivity contribution in [1.82, 2.24) is 5.32 Å². The number of amides is 1. The molecule has 0 aromatic rings. The van der Waals surface area contributed by atoms with Crippen molar-refractivity contribution in [2.75, 3.05) is 6.61 Å². The van der Waals surface area contributed by atoms with Crippen LogP contribution in [0.4, 0.5) is 0 Å². The molecule has 0 aliphatic rings. The maximum Gasteiger partial charge on any atom is 0.306 e. The lowest BCUT2D eigenvalue weighted by atomic mass is 10.0. The van der Waals surface area contributed by atoms with Gasteiger partial charge in [-0.15, -0.1) is 0 Å². The van der Waals surface area contributed by atoms with Crippen LogP contribution < -0.4 is 5.32 Å². The summed E-state index contributed by atoms with van der Waals surface area (Å²) in [5, 5.41) is 23.7. The Balaban J connectivity index is 4.49. The van der Waals surface area contributed by atoms with Crippen molar-refractivity contribution in [3.63, 3.8) is 0 Å². The second-order valence-electron chi connectivity index (χ2n) is 18.0. The molecular formula is C53H101NO5. The molecule has 0 spiro atoms. The fourth-order valence-electron chi connectivity index (χ4n) is 8.07. The summed E-state index contributed by atoms with van der Waals surface area (Å²) >= 11 is 0. The number of hydrogen-bond donors (Lipinski definition) is 3. The highest BCUT2D eigenvalue weighted by atomic mass is 16.5. The zero-order chi connectivity index (χ0) is 43.1. The van der Waals surface area contributed by atoms with Gasteiger partial charge in [0.1, 0.15) is 6.10 Å². The molecule has 0 saturated carbocycles. The number of unbranched alkanes of at least 4 members (excludes halogenated alkanes) is 32. The number of hydrogen-bond acceptors (Lipinski definition) is 5. The predicted molar refractivity (Wildman–Crippen MR) is 255 cm³/mol. The van der Waals surface area contributed by atoms with Crippen LogP contribution in [0.3, 0.4) is 0 Å². The predicted octanol–water partition coefficient (Wildman–Crippen LogP) is 15.5. The Hall–Kier alpha value is -1.66. The molecule has 0 aliphatic heterocycles. The van der Waals surface area contributed by atoms with Gasteiger partial charge in [-0.25, -0.2) is 0 Å². The van der Waals surface area contributed by atoms with E-state index in [2.05, 4.69) is 50.4 Å². The fraction of sp³-hybridized carbons (Fsp3) is 0.887. The minimum atomic E-state index is -0.785. The number of aliphatic hydroxyl groups is 2. The van der Waals surface area contributed by atoms with E-state index in [4.69, 9.17) is 4.74 Å². The van der Waals surface area contributed by atoms with Gasteiger partial charge in [0.2, 0.25) is 5.91 Å². The standard InChI is InChI=1S/C53H101NO5/c1-4-7-10-13-16-19-22-24-25-26-27-28-29-31-34-37-40-43-46-53(58)59-49(44-41-38-35-32-21-18-15-12-9-6-3)47-52(57)54-50(48-55)51(56)45-42-39-36-33-30-23-20-17-14-11-8-5-2/h25-28,49-51,55-56H,4-24,29-48H2,1-3H3,(H,54,57)/b26-25+,28-27+. The van der Waals surface area contributed by atoms with Crippen molar-refractivity contribution >= 4 is 11.9 Å². The first kappa shape index (κ1) is 57.3. The molecule has 348 valence electrons. The molecule has 3 N–H and O–H groups in total. The van der Waals surface area contributed by atoms with Gasteiger partial charge in [0.15, 0.2) is 0 Å². The molecule has 0 fully saturated rings. The van der Waals surface area contributed by atoms with Crippen LogP contribution in [0.5, 0.6) is 0 Å². The van der Waals surface area contributed by atoms with Crippen LogP contribution in [0, 0.1) is 0 Å². The molecule has 6 nitrogen and oxygen atoms in total. The molecule has 6 heteroatoms. The first-order valence-electron chi connectivity index (χ1n) is 26.1. The molecule has 1 amide bonds. The van der Waals surface area contributed by atoms with Crippen molar-refractivity contribution in [1.29, 1.82) is 0 Å². The Morgan fingerprint density at radius 3 is 1.25 bits per heavy atom. The quantitative estimate of drug-likeness (QED) is 0.0322. The first-order valence-corrected chi connectivity index (χ1v) is 26.1. The molecule has 0 radical (unpaired) electrons. The molecule has 0 saturated heterocycles. The lowest BCUT2D eigenvalue weighted by Crippen LogP contribution is -2.46. The minimum Gasteiger partial charge on any atom is -0.462 e. The molecule has 0 bridgehead atoms. The average Bonchev–Trinajstić information content (AvgIpc) is 3.23. The van der Waals surface area contributed by atoms with Crippen LogP contribution in [-0.2, 0) is 14.3 Å². The number of carbonyl (C=O) groups is 2. The summed E-state index contributed by atoms with van der Waals surface area (Å²) in [5.74, 6) is -0.479. The third-order valence-corrected chi connectivity index (χ3v) is 12.1. The Morgan fingerprint density at radius 1 is 0.492 bits per heavy atom. The lowest BCUT2D eigenvalue weighted by Gasteiger charge is -2.24. The van der Waals surface area contributed by atoms with Crippen molar-refractivity contribution in [2.45, 2.75) is 296 Å². The molecule has 0 aromatic carbocycles. The maximum atomic E-state index is 13.2. The molecule has 0 rings (SSSR count). The summed E-state index contributed by atoms with van der Waals surface area (Å²) in [6, 6.07) is -0.699. The summed E-state index contributed by atoms with van der Waals surface area (Å²) < 4.78 is 5.92. The maximum absolute atomic E-state index is 13.2. The third-order valence-electron chi connectivity index (χ3n) is 12.1. The van der Waals surface area contributed by atoms with Gasteiger partial charge in [-0.3, -0.25) is 9.59 Å². The summed E-state index contributed by atoms with van der Waals surface area (Å²) in [4.78, 5) is 26.1. The Morgan fingerprint density at radius 2 is 0.847 bits per heavy atom. The summed E-state index contributed by atoms with van der Waals surface area (Å²) in [7, 11) is 0. The highest BCUT2D eigenvalue weighted by molar-refractivity contribution is 5.77. The van der Waals surface area contributed by atoms with Crippen molar-refractivity contribution in [2.24, 2.45) is 0 Å². The van der Waals surface area contributed by atoms with E-state index in [1.54, 1.807) is 0 Å². The zero-order valence-corrected chi connectivity index (χ0v) is 39.7. The number of carbonyl (C=O) groups excluding carboxylic acids is 2. The van der Waals surface area contributed by atoms with Gasteiger partial charge in [0.25, 0.3) is 0 Å². The topological polar surface area (TPSA) is 95.9 Å². The van der Waals surface area contributed by atoms with E-state index >= 15 is 0 Å². The van der Waals surface area contributed by atoms with E-state index in [9.17, 15) is 19.8 Å². The van der Waals surface area contributed by atoms with E-state index in [0.29, 0.717) is 19.3 Å². The van der Waals surface area contributed by atoms with Gasteiger partial charge in [0.05, 0.1) is 25.2 Å². The second kappa shape index (κ2) is 47.4. The van der Waals surface area contributed by atoms with Crippen molar-refractivity contribution in [3.8, 4) is 0 Å². The summed E-state index contributed by atoms with van der Waals surface area (Å²) in [6.07, 6.45) is 53.8. The number of aliphatic hydroxyl groups excluding tert-OH is 2. The van der Waals surface area contributed by atoms with E-state index < -0.39 is 18.2 Å². The number of allylic oxidation sites excluding steroid dienone is 4. The molecule has 3 atom stereocenters. The van der Waals surface area contributed by atoms with E-state index in [-0.39, 0.29) is 24.9 Å². The van der Waals surface area contributed by atoms with Gasteiger partial charge in [-0.2, -0.15) is 0 Å². The Kier molecular flexibility index (Phi) is 46.1. The van der Waals surface area contributed by atoms with Crippen LogP contribution in [0.2, 0.25) is 0 Å². The lowest BCUT2D eigenvalue weighted by molar-refractivity contribution is -0.151. The van der Waals surface area contributed by atoms with Gasteiger partial charge in [0, 0.05) is 6.42 Å². The number of nitrogens with one attached hydrogen (secondary N) is 1. The van der Waals surface area contributed by atoms with Crippen LogP contribution in [0.15, 0.2) is 24.3 Å². The van der Waals surface area contributed by atoms with Gasteiger partial charge >= 0.3 is 5.97 Å². The van der Waals surface area contributed by atoms with Gasteiger partial charge in [-0.1, -0.05) is 238 Å². The molecular weight excluding hydrogens is 731 g/mol. The normalized spacial score (nSPS) is 13.4. The van der Waals surface area contributed by atoms with Crippen LogP contribution in [-0.4, -0.2) is 46.9 Å². The third kappa shape index (κ3) is 42.8. The SMILES string of the molecule is CCCCCCCCC/C=C/C=C/CCCCCCCC(=O)OC(CCCCCCCCCCCC)CC(=O)NC(CO)C(O)CCCCCCCCCCCCCC. The largest absolute Gasteiger partial charge is 0.462 e. The number of ether oxygens (including phenoxy) is 1. The average molecular weight is 832 g/mol. The van der Waals surface area contributed by atoms with E-state index in [1.165, 1.54) is 180 Å². The van der Waals surface area contributed by atoms with Crippen LogP contribution >= 0.6 is 0 Å². The highest BCUT2D eigenvalue weighted by Gasteiger charge is 2.24. The zero-order valence-electron chi connectivity index (χ0n) is 39.7. The smallest absolute Gasteiger partial charge is 0.306 e. The molecule has 59 heavy (non-hydrogen) atoms. The monoisotopic (exact) mass is 832 g/mol. The fourth-order valence-corrected chi connectivity index (χ4v) is 8.07. The molecule has 0 heterocycles. The molecule has 0 aliphatic carbocycles. The Labute approximate surface area is 367 Å². The molecule has 3 unspecified atom stereocenters. The summed E-state index contributed by atoms with van der Waals surface area (Å²) in [6.45, 7) is 6.48. The first-order chi connectivity index (χ1) is 29.0. The van der Waals surface area contributed by atoms with Crippen molar-refractivity contribution in [3.05, 3.63) is 24.3 Å². The van der Waals surface area contributed by atoms with E-state index in [1.807, 2.05) is 0 Å². The van der Waals surface area contributed by atoms with Crippen LogP contribution in [0.25, 0.3) is 0 Å². The van der Waals surface area contributed by atoms with Crippen molar-refractivity contribution < 1.29 is 24.5 Å². The molecule has 0 aromatic heterocycles. The Bertz CT molecular complexity index is 935. The van der Waals surface area contributed by atoms with Crippen LogP contribution in [0.1, 0.15) is 278 Å². The highest BCUT2D eigenvalue weighted by Crippen LogP contribution is 2.18. The second-order valence-corrected chi connectivity index (χ2v) is 18.0. The van der Waals surface area contributed by atoms with Gasteiger partial charge < -0.3 is 20.3 Å². The van der Waals surface area contributed by atoms with E-state index in [0.717, 1.165) is 51.4 Å².